The molecule has 1 aromatic carbocycles. The molecule has 0 saturated carbocycles. The normalized spacial score (nSPS) is 10.5. The van der Waals surface area contributed by atoms with Crippen molar-refractivity contribution in [2.75, 3.05) is 5.32 Å². The van der Waals surface area contributed by atoms with Gasteiger partial charge >= 0.3 is 0 Å². The van der Waals surface area contributed by atoms with Crippen LogP contribution in [0, 0.1) is 18.6 Å². The molecule has 0 aliphatic rings. The molecule has 0 unspecified atom stereocenters. The number of hydrogen-bond donors (Lipinski definition) is 1. The van der Waals surface area contributed by atoms with Crippen molar-refractivity contribution in [1.82, 2.24) is 15.0 Å². The lowest BCUT2D eigenvalue weighted by Gasteiger charge is -2.12. The van der Waals surface area contributed by atoms with E-state index in [0.29, 0.717) is 18.1 Å². The third-order valence-electron chi connectivity index (χ3n) is 3.30. The summed E-state index contributed by atoms with van der Waals surface area (Å²) in [6.07, 6.45) is 4.74. The Morgan fingerprint density at radius 2 is 1.71 bits per heavy atom. The molecule has 7 heteroatoms. The Morgan fingerprint density at radius 1 is 0.958 bits per heavy atom. The fraction of sp³-hybridized carbons (Fsp3) is 0.118. The van der Waals surface area contributed by atoms with Crippen LogP contribution in [0.1, 0.15) is 11.1 Å². The maximum absolute atomic E-state index is 14.0. The monoisotopic (exact) mass is 328 g/mol. The van der Waals surface area contributed by atoms with E-state index in [1.165, 1.54) is 25.3 Å². The Labute approximate surface area is 137 Å². The van der Waals surface area contributed by atoms with Crippen LogP contribution in [0.5, 0.6) is 11.6 Å². The summed E-state index contributed by atoms with van der Waals surface area (Å²) in [6.45, 7) is 1.81. The molecule has 24 heavy (non-hydrogen) atoms. The van der Waals surface area contributed by atoms with E-state index in [1.54, 1.807) is 30.6 Å². The molecule has 3 rings (SSSR count). The molecule has 0 aliphatic heterocycles. The lowest BCUT2D eigenvalue weighted by Crippen LogP contribution is -2.05. The topological polar surface area (TPSA) is 59.9 Å². The van der Waals surface area contributed by atoms with Crippen molar-refractivity contribution in [3.8, 4) is 11.6 Å². The van der Waals surface area contributed by atoms with Gasteiger partial charge in [-0.15, -0.1) is 0 Å². The van der Waals surface area contributed by atoms with Gasteiger partial charge in [0.1, 0.15) is 0 Å². The number of pyridine rings is 1. The molecule has 1 N–H and O–H groups in total. The zero-order valence-electron chi connectivity index (χ0n) is 12.8. The van der Waals surface area contributed by atoms with Crippen LogP contribution in [0.4, 0.5) is 14.7 Å². The van der Waals surface area contributed by atoms with E-state index in [4.69, 9.17) is 4.74 Å². The van der Waals surface area contributed by atoms with Crippen LogP contribution in [-0.2, 0) is 6.54 Å². The molecule has 5 nitrogen and oxygen atoms in total. The van der Waals surface area contributed by atoms with E-state index in [2.05, 4.69) is 20.3 Å². The zero-order chi connectivity index (χ0) is 16.9. The highest BCUT2D eigenvalue weighted by Gasteiger charge is 2.15. The minimum atomic E-state index is -1.04. The van der Waals surface area contributed by atoms with Crippen molar-refractivity contribution >= 4 is 5.95 Å². The van der Waals surface area contributed by atoms with Crippen molar-refractivity contribution in [3.05, 3.63) is 71.7 Å². The van der Waals surface area contributed by atoms with Crippen molar-refractivity contribution in [2.24, 2.45) is 0 Å². The Kier molecular flexibility index (Phi) is 4.60. The van der Waals surface area contributed by atoms with Gasteiger partial charge in [0.2, 0.25) is 17.6 Å². The zero-order valence-corrected chi connectivity index (χ0v) is 12.8. The molecule has 122 valence electrons. The number of anilines is 1. The van der Waals surface area contributed by atoms with Gasteiger partial charge < -0.3 is 10.1 Å². The lowest BCUT2D eigenvalue weighted by atomic mass is 10.2. The van der Waals surface area contributed by atoms with Crippen LogP contribution in [0.15, 0.2) is 48.9 Å². The first-order valence-electron chi connectivity index (χ1n) is 7.22. The van der Waals surface area contributed by atoms with Crippen molar-refractivity contribution < 1.29 is 13.5 Å². The highest BCUT2D eigenvalue weighted by Crippen LogP contribution is 2.28. The summed E-state index contributed by atoms with van der Waals surface area (Å²) < 4.78 is 33.1. The number of ether oxygens (including phenoxy) is 1. The first kappa shape index (κ1) is 15.8. The predicted octanol–water partition coefficient (Wildman–Crippen LogP) is 3.86. The third-order valence-corrected chi connectivity index (χ3v) is 3.30. The maximum Gasteiger partial charge on any atom is 0.224 e. The van der Waals surface area contributed by atoms with Crippen LogP contribution < -0.4 is 10.1 Å². The van der Waals surface area contributed by atoms with Crippen LogP contribution in [0.2, 0.25) is 0 Å². The van der Waals surface area contributed by atoms with Gasteiger partial charge in [-0.2, -0.15) is 4.39 Å². The molecule has 0 saturated heterocycles. The van der Waals surface area contributed by atoms with Gasteiger partial charge in [-0.1, -0.05) is 12.1 Å². The van der Waals surface area contributed by atoms with Gasteiger partial charge in [0.15, 0.2) is 11.6 Å². The molecule has 0 spiro atoms. The van der Waals surface area contributed by atoms with E-state index in [-0.39, 0.29) is 17.2 Å². The summed E-state index contributed by atoms with van der Waals surface area (Å²) in [5.41, 5.74) is 0.870. The quantitative estimate of drug-likeness (QED) is 0.770. The number of aromatic nitrogens is 3. The average Bonchev–Trinajstić information content (AvgIpc) is 2.62. The summed E-state index contributed by atoms with van der Waals surface area (Å²) in [5.74, 6) is -1.55. The van der Waals surface area contributed by atoms with Crippen molar-refractivity contribution in [3.63, 3.8) is 0 Å². The van der Waals surface area contributed by atoms with E-state index in [1.807, 2.05) is 0 Å². The average molecular weight is 328 g/mol. The Morgan fingerprint density at radius 3 is 2.50 bits per heavy atom. The summed E-state index contributed by atoms with van der Waals surface area (Å²) in [4.78, 5) is 12.2. The van der Waals surface area contributed by atoms with E-state index in [9.17, 15) is 8.78 Å². The molecule has 0 radical (unpaired) electrons. The molecular weight excluding hydrogens is 314 g/mol. The van der Waals surface area contributed by atoms with Gasteiger partial charge in [-0.25, -0.2) is 19.3 Å². The second-order valence-electron chi connectivity index (χ2n) is 5.00. The second kappa shape index (κ2) is 6.99. The van der Waals surface area contributed by atoms with Crippen molar-refractivity contribution in [2.45, 2.75) is 13.5 Å². The fourth-order valence-corrected chi connectivity index (χ4v) is 2.03. The van der Waals surface area contributed by atoms with Gasteiger partial charge in [-0.05, 0) is 30.7 Å². The van der Waals surface area contributed by atoms with E-state index in [0.717, 1.165) is 0 Å². The van der Waals surface area contributed by atoms with Crippen LogP contribution >= 0.6 is 0 Å². The first-order chi connectivity index (χ1) is 11.6. The molecule has 0 atom stereocenters. The number of hydrogen-bond acceptors (Lipinski definition) is 5. The molecule has 2 heterocycles. The molecule has 3 aromatic rings. The lowest BCUT2D eigenvalue weighted by molar-refractivity contribution is 0.400. The Bertz CT molecular complexity index is 843. The Balaban J connectivity index is 1.81. The number of benzene rings is 1. The van der Waals surface area contributed by atoms with Crippen molar-refractivity contribution in [1.29, 1.82) is 0 Å². The summed E-state index contributed by atoms with van der Waals surface area (Å²) in [6, 6.07) is 8.02. The van der Waals surface area contributed by atoms with Crippen LogP contribution in [0.3, 0.4) is 0 Å². The molecule has 0 fully saturated rings. The van der Waals surface area contributed by atoms with Gasteiger partial charge in [0.05, 0.1) is 0 Å². The van der Waals surface area contributed by atoms with Crippen LogP contribution in [-0.4, -0.2) is 15.0 Å². The summed E-state index contributed by atoms with van der Waals surface area (Å²) >= 11 is 0. The minimum Gasteiger partial charge on any atom is -0.435 e. The SMILES string of the molecule is Cc1ccc(Oc2ncccc2CNc2ncccn2)c(F)c1F. The third kappa shape index (κ3) is 3.45. The molecule has 0 aliphatic carbocycles. The summed E-state index contributed by atoms with van der Waals surface area (Å²) in [5, 5.41) is 3.01. The van der Waals surface area contributed by atoms with Gasteiger partial charge in [-0.3, -0.25) is 0 Å². The summed E-state index contributed by atoms with van der Waals surface area (Å²) in [7, 11) is 0. The minimum absolute atomic E-state index is 0.183. The highest BCUT2D eigenvalue weighted by molar-refractivity contribution is 5.37. The first-order valence-corrected chi connectivity index (χ1v) is 7.22. The van der Waals surface area contributed by atoms with Crippen LogP contribution in [0.25, 0.3) is 0 Å². The smallest absolute Gasteiger partial charge is 0.224 e. The molecule has 2 aromatic heterocycles. The number of nitrogens with zero attached hydrogens (tertiary/aromatic N) is 3. The van der Waals surface area contributed by atoms with E-state index >= 15 is 0 Å². The highest BCUT2D eigenvalue weighted by atomic mass is 19.2. The van der Waals surface area contributed by atoms with Gasteiger partial charge in [0.25, 0.3) is 0 Å². The number of halogens is 2. The van der Waals surface area contributed by atoms with Gasteiger partial charge in [0, 0.05) is 30.7 Å². The molecular formula is C17H14F2N4O. The molecule has 0 amide bonds. The number of aryl methyl sites for hydroxylation is 1. The fourth-order valence-electron chi connectivity index (χ4n) is 2.03. The molecule has 0 bridgehead atoms. The standard InChI is InChI=1S/C17H14F2N4O/c1-11-5-6-13(15(19)14(11)18)24-16-12(4-2-7-20-16)10-23-17-21-8-3-9-22-17/h2-9H,10H2,1H3,(H,21,22,23). The maximum atomic E-state index is 14.0. The second-order valence-corrected chi connectivity index (χ2v) is 5.00. The predicted molar refractivity (Wildman–Crippen MR) is 84.8 cm³/mol. The Hall–Kier alpha value is -3.09. The number of rotatable bonds is 5. The van der Waals surface area contributed by atoms with E-state index < -0.39 is 11.6 Å². The largest absolute Gasteiger partial charge is 0.435 e. The number of nitrogens with one attached hydrogen (secondary N) is 1.